The first-order valence-electron chi connectivity index (χ1n) is 8.49. The number of nitrogens with one attached hydrogen (secondary N) is 3. The Morgan fingerprint density at radius 1 is 1.18 bits per heavy atom. The van der Waals surface area contributed by atoms with Crippen LogP contribution in [-0.4, -0.2) is 25.3 Å². The van der Waals surface area contributed by atoms with Gasteiger partial charge < -0.3 is 15.4 Å². The Bertz CT molecular complexity index is 937. The summed E-state index contributed by atoms with van der Waals surface area (Å²) in [6.07, 6.45) is 1.52. The maximum Gasteiger partial charge on any atom is 0.319 e. The second-order valence-corrected chi connectivity index (χ2v) is 6.53. The second kappa shape index (κ2) is 8.58. The van der Waals surface area contributed by atoms with Crippen LogP contribution in [0.5, 0.6) is 5.75 Å². The van der Waals surface area contributed by atoms with E-state index in [9.17, 15) is 9.59 Å². The molecule has 0 unspecified atom stereocenters. The number of hydrazone groups is 1. The van der Waals surface area contributed by atoms with E-state index in [0.717, 1.165) is 11.1 Å². The summed E-state index contributed by atoms with van der Waals surface area (Å²) in [5, 5.41) is 10.0. The number of hydrogen-bond donors (Lipinski definition) is 3. The summed E-state index contributed by atoms with van der Waals surface area (Å²) in [5.41, 5.74) is 4.88. The van der Waals surface area contributed by atoms with Crippen molar-refractivity contribution in [2.75, 3.05) is 7.11 Å². The van der Waals surface area contributed by atoms with Crippen LogP contribution in [0.2, 0.25) is 5.02 Å². The highest BCUT2D eigenvalue weighted by Crippen LogP contribution is 2.28. The molecule has 8 heteroatoms. The molecule has 3 rings (SSSR count). The number of allylic oxidation sites excluding steroid dienone is 1. The quantitative estimate of drug-likeness (QED) is 0.533. The number of urea groups is 1. The van der Waals surface area contributed by atoms with Crippen molar-refractivity contribution in [3.63, 3.8) is 0 Å². The van der Waals surface area contributed by atoms with Gasteiger partial charge in [-0.15, -0.1) is 0 Å². The van der Waals surface area contributed by atoms with Crippen molar-refractivity contribution < 1.29 is 14.3 Å². The fourth-order valence-electron chi connectivity index (χ4n) is 2.82. The van der Waals surface area contributed by atoms with Crippen LogP contribution in [0.4, 0.5) is 4.79 Å². The number of halogens is 1. The molecule has 0 saturated heterocycles. The third-order valence-electron chi connectivity index (χ3n) is 4.21. The van der Waals surface area contributed by atoms with Crippen LogP contribution in [0, 0.1) is 0 Å². The van der Waals surface area contributed by atoms with E-state index in [0.29, 0.717) is 22.0 Å². The highest BCUT2D eigenvalue weighted by Gasteiger charge is 2.31. The minimum atomic E-state index is -0.606. The molecule has 0 spiro atoms. The predicted octanol–water partition coefficient (Wildman–Crippen LogP) is 3.13. The van der Waals surface area contributed by atoms with Gasteiger partial charge in [-0.05, 0) is 42.3 Å². The minimum Gasteiger partial charge on any atom is -0.497 e. The molecule has 0 saturated carbocycles. The molecule has 3 amide bonds. The zero-order valence-corrected chi connectivity index (χ0v) is 16.1. The Hall–Kier alpha value is -3.32. The van der Waals surface area contributed by atoms with E-state index in [1.165, 1.54) is 6.21 Å². The van der Waals surface area contributed by atoms with Crippen LogP contribution < -0.4 is 20.8 Å². The van der Waals surface area contributed by atoms with Crippen molar-refractivity contribution in [3.05, 3.63) is 76.0 Å². The van der Waals surface area contributed by atoms with Gasteiger partial charge in [0.05, 0.1) is 24.9 Å². The molecular formula is C20H19ClN4O3. The van der Waals surface area contributed by atoms with Gasteiger partial charge in [-0.25, -0.2) is 10.2 Å². The van der Waals surface area contributed by atoms with E-state index in [2.05, 4.69) is 21.2 Å². The third-order valence-corrected chi connectivity index (χ3v) is 4.46. The number of nitrogens with zero attached hydrogens (tertiary/aromatic N) is 1. The fourth-order valence-corrected chi connectivity index (χ4v) is 2.94. The van der Waals surface area contributed by atoms with Gasteiger partial charge in [0.25, 0.3) is 5.91 Å². The number of methoxy groups -OCH3 is 1. The summed E-state index contributed by atoms with van der Waals surface area (Å²) in [7, 11) is 1.57. The molecule has 0 bridgehead atoms. The van der Waals surface area contributed by atoms with E-state index in [4.69, 9.17) is 16.3 Å². The van der Waals surface area contributed by atoms with Crippen molar-refractivity contribution in [1.29, 1.82) is 0 Å². The molecule has 1 aliphatic heterocycles. The van der Waals surface area contributed by atoms with E-state index in [1.54, 1.807) is 62.6 Å². The molecule has 0 aliphatic carbocycles. The number of benzene rings is 2. The normalized spacial score (nSPS) is 16.5. The predicted molar refractivity (Wildman–Crippen MR) is 107 cm³/mol. The molecule has 0 fully saturated rings. The highest BCUT2D eigenvalue weighted by atomic mass is 35.5. The molecule has 28 heavy (non-hydrogen) atoms. The van der Waals surface area contributed by atoms with Gasteiger partial charge >= 0.3 is 6.03 Å². The lowest BCUT2D eigenvalue weighted by Gasteiger charge is -2.28. The maximum absolute atomic E-state index is 12.7. The number of ether oxygens (including phenoxy) is 1. The van der Waals surface area contributed by atoms with Gasteiger partial charge in [0, 0.05) is 10.7 Å². The summed E-state index contributed by atoms with van der Waals surface area (Å²) < 4.78 is 5.16. The first-order valence-corrected chi connectivity index (χ1v) is 8.87. The summed E-state index contributed by atoms with van der Waals surface area (Å²) in [4.78, 5) is 24.7. The van der Waals surface area contributed by atoms with Crippen molar-refractivity contribution in [1.82, 2.24) is 16.1 Å². The van der Waals surface area contributed by atoms with Gasteiger partial charge in [-0.1, -0.05) is 35.9 Å². The van der Waals surface area contributed by atoms with Gasteiger partial charge in [0.15, 0.2) is 0 Å². The molecule has 1 atom stereocenters. The van der Waals surface area contributed by atoms with Crippen LogP contribution in [0.25, 0.3) is 0 Å². The van der Waals surface area contributed by atoms with Gasteiger partial charge in [0.2, 0.25) is 0 Å². The standard InChI is InChI=1S/C20H19ClN4O3/c1-12-17(19(26)25-22-11-13-3-7-15(21)8-4-13)18(24-20(27)23-12)14-5-9-16(28-2)10-6-14/h3-11,18H,1-2H3,(H,25,26)(H2,23,24,27)/b22-11-/t18-/m0/s1. The number of carbonyl (C=O) groups excluding carboxylic acids is 2. The first kappa shape index (κ1) is 19.4. The molecule has 0 aromatic heterocycles. The topological polar surface area (TPSA) is 91.8 Å². The Morgan fingerprint density at radius 3 is 2.50 bits per heavy atom. The van der Waals surface area contributed by atoms with E-state index < -0.39 is 11.9 Å². The number of hydrogen-bond acceptors (Lipinski definition) is 4. The number of amides is 3. The maximum atomic E-state index is 12.7. The van der Waals surface area contributed by atoms with E-state index in [1.807, 2.05) is 0 Å². The minimum absolute atomic E-state index is 0.373. The monoisotopic (exact) mass is 398 g/mol. The first-order chi connectivity index (χ1) is 13.5. The van der Waals surface area contributed by atoms with E-state index >= 15 is 0 Å². The Kier molecular flexibility index (Phi) is 5.96. The smallest absolute Gasteiger partial charge is 0.319 e. The lowest BCUT2D eigenvalue weighted by Crippen LogP contribution is -2.46. The van der Waals surface area contributed by atoms with Crippen LogP contribution in [0.1, 0.15) is 24.1 Å². The molecule has 3 N–H and O–H groups in total. The average molecular weight is 399 g/mol. The summed E-state index contributed by atoms with van der Waals surface area (Å²) in [5.74, 6) is 0.263. The van der Waals surface area contributed by atoms with Crippen molar-refractivity contribution in [3.8, 4) is 5.75 Å². The van der Waals surface area contributed by atoms with E-state index in [-0.39, 0.29) is 6.03 Å². The summed E-state index contributed by atoms with van der Waals surface area (Å²) in [6, 6.07) is 13.2. The highest BCUT2D eigenvalue weighted by molar-refractivity contribution is 6.30. The lowest BCUT2D eigenvalue weighted by atomic mass is 9.95. The zero-order chi connectivity index (χ0) is 20.1. The molecule has 1 aliphatic rings. The van der Waals surface area contributed by atoms with Crippen molar-refractivity contribution in [2.24, 2.45) is 5.10 Å². The molecule has 2 aromatic carbocycles. The van der Waals surface area contributed by atoms with Crippen LogP contribution in [0.3, 0.4) is 0 Å². The third kappa shape index (κ3) is 4.50. The van der Waals surface area contributed by atoms with Gasteiger partial charge in [-0.2, -0.15) is 5.10 Å². The SMILES string of the molecule is COc1ccc([C@@H]2NC(=O)NC(C)=C2C(=O)N/N=C\c2ccc(Cl)cc2)cc1. The van der Waals surface area contributed by atoms with Gasteiger partial charge in [0.1, 0.15) is 5.75 Å². The summed E-state index contributed by atoms with van der Waals surface area (Å²) >= 11 is 5.85. The van der Waals surface area contributed by atoms with Crippen molar-refractivity contribution in [2.45, 2.75) is 13.0 Å². The largest absolute Gasteiger partial charge is 0.497 e. The Morgan fingerprint density at radius 2 is 1.86 bits per heavy atom. The Labute approximate surface area is 167 Å². The Balaban J connectivity index is 1.80. The molecule has 7 nitrogen and oxygen atoms in total. The summed E-state index contributed by atoms with van der Waals surface area (Å²) in [6.45, 7) is 1.67. The number of carbonyl (C=O) groups is 2. The second-order valence-electron chi connectivity index (χ2n) is 6.09. The molecule has 144 valence electrons. The number of rotatable bonds is 5. The van der Waals surface area contributed by atoms with Crippen LogP contribution >= 0.6 is 11.6 Å². The van der Waals surface area contributed by atoms with Crippen molar-refractivity contribution >= 4 is 29.8 Å². The van der Waals surface area contributed by atoms with Crippen LogP contribution in [-0.2, 0) is 4.79 Å². The molecular weight excluding hydrogens is 380 g/mol. The van der Waals surface area contributed by atoms with Gasteiger partial charge in [-0.3, -0.25) is 4.79 Å². The van der Waals surface area contributed by atoms with Crippen LogP contribution in [0.15, 0.2) is 64.9 Å². The average Bonchev–Trinajstić information content (AvgIpc) is 2.69. The zero-order valence-electron chi connectivity index (χ0n) is 15.3. The fraction of sp³-hybridized carbons (Fsp3) is 0.150. The molecule has 1 heterocycles. The molecule has 2 aromatic rings. The molecule has 0 radical (unpaired) electrons. The lowest BCUT2D eigenvalue weighted by molar-refractivity contribution is -0.117.